The molecule has 0 spiro atoms. The largest absolute Gasteiger partial charge is 0.354 e. The average Bonchev–Trinajstić information content (AvgIpc) is 2.69. The van der Waals surface area contributed by atoms with Crippen LogP contribution in [0.1, 0.15) is 46.1 Å². The maximum atomic E-state index is 13.2. The second-order valence-corrected chi connectivity index (χ2v) is 11.3. The number of benzene rings is 1. The Morgan fingerprint density at radius 2 is 1.77 bits per heavy atom. The standard InChI is InChI=1S/C22H39N5O2S.HI/c1-18(11-12-22(2,3)4)25-21(23-5)24-17-19-9-7-8-10-20(19)30(28,29)27-15-13-26(6)14-16-27;/h7-10,18H,11-17H2,1-6H3,(H2,23,24,25);1H. The molecule has 178 valence electrons. The second kappa shape index (κ2) is 12.4. The first-order chi connectivity index (χ1) is 14.0. The van der Waals surface area contributed by atoms with E-state index in [9.17, 15) is 8.42 Å². The van der Waals surface area contributed by atoms with Crippen molar-refractivity contribution in [2.75, 3.05) is 40.3 Å². The molecule has 0 aliphatic carbocycles. The number of sulfonamides is 1. The Hall–Kier alpha value is -0.910. The lowest BCUT2D eigenvalue weighted by Crippen LogP contribution is -2.47. The number of nitrogens with zero attached hydrogens (tertiary/aromatic N) is 3. The van der Waals surface area contributed by atoms with Crippen molar-refractivity contribution < 1.29 is 8.42 Å². The Bertz CT molecular complexity index is 815. The van der Waals surface area contributed by atoms with E-state index in [1.165, 1.54) is 0 Å². The van der Waals surface area contributed by atoms with Crippen LogP contribution >= 0.6 is 24.0 Å². The van der Waals surface area contributed by atoms with Gasteiger partial charge in [-0.25, -0.2) is 8.42 Å². The predicted molar refractivity (Wildman–Crippen MR) is 140 cm³/mol. The fraction of sp³-hybridized carbons (Fsp3) is 0.682. The van der Waals surface area contributed by atoms with Crippen molar-refractivity contribution in [3.8, 4) is 0 Å². The molecule has 2 rings (SSSR count). The van der Waals surface area contributed by atoms with Crippen molar-refractivity contribution in [3.05, 3.63) is 29.8 Å². The molecule has 1 fully saturated rings. The summed E-state index contributed by atoms with van der Waals surface area (Å²) in [5.41, 5.74) is 1.05. The second-order valence-electron chi connectivity index (χ2n) is 9.39. The number of hydrogen-bond acceptors (Lipinski definition) is 4. The minimum absolute atomic E-state index is 0. The summed E-state index contributed by atoms with van der Waals surface area (Å²) in [6.45, 7) is 11.8. The summed E-state index contributed by atoms with van der Waals surface area (Å²) >= 11 is 0. The van der Waals surface area contributed by atoms with Gasteiger partial charge >= 0.3 is 0 Å². The van der Waals surface area contributed by atoms with Gasteiger partial charge in [0.1, 0.15) is 0 Å². The number of piperazine rings is 1. The molecule has 31 heavy (non-hydrogen) atoms. The van der Waals surface area contributed by atoms with Crippen LogP contribution in [0.2, 0.25) is 0 Å². The highest BCUT2D eigenvalue weighted by atomic mass is 127. The van der Waals surface area contributed by atoms with Crippen LogP contribution in [0, 0.1) is 5.41 Å². The molecule has 0 amide bonds. The molecule has 0 saturated carbocycles. The first-order valence-corrected chi connectivity index (χ1v) is 12.2. The fourth-order valence-electron chi connectivity index (χ4n) is 3.40. The minimum Gasteiger partial charge on any atom is -0.354 e. The Balaban J connectivity index is 0.00000480. The average molecular weight is 566 g/mol. The lowest BCUT2D eigenvalue weighted by Gasteiger charge is -2.32. The summed E-state index contributed by atoms with van der Waals surface area (Å²) in [7, 11) is 0.239. The van der Waals surface area contributed by atoms with Crippen molar-refractivity contribution >= 4 is 40.0 Å². The van der Waals surface area contributed by atoms with Gasteiger partial charge in [0.25, 0.3) is 0 Å². The summed E-state index contributed by atoms with van der Waals surface area (Å²) in [6, 6.07) is 7.51. The molecule has 9 heteroatoms. The van der Waals surface area contributed by atoms with Gasteiger partial charge in [-0.2, -0.15) is 4.31 Å². The maximum absolute atomic E-state index is 13.2. The van der Waals surface area contributed by atoms with Crippen molar-refractivity contribution in [1.82, 2.24) is 19.8 Å². The summed E-state index contributed by atoms with van der Waals surface area (Å²) in [6.07, 6.45) is 2.16. The number of rotatable bonds is 7. The van der Waals surface area contributed by atoms with Crippen LogP contribution in [-0.4, -0.2) is 69.9 Å². The molecule has 2 N–H and O–H groups in total. The first-order valence-electron chi connectivity index (χ1n) is 10.8. The lowest BCUT2D eigenvalue weighted by atomic mass is 9.89. The van der Waals surface area contributed by atoms with Crippen molar-refractivity contribution in [3.63, 3.8) is 0 Å². The van der Waals surface area contributed by atoms with Crippen molar-refractivity contribution in [2.24, 2.45) is 10.4 Å². The molecule has 7 nitrogen and oxygen atoms in total. The molecule has 1 atom stereocenters. The zero-order valence-corrected chi connectivity index (χ0v) is 23.0. The van der Waals surface area contributed by atoms with E-state index in [0.29, 0.717) is 35.9 Å². The quantitative estimate of drug-likeness (QED) is 0.302. The molecule has 1 aromatic rings. The molecular formula is C22H40IN5O2S. The van der Waals surface area contributed by atoms with Crippen LogP contribution < -0.4 is 10.6 Å². The van der Waals surface area contributed by atoms with E-state index >= 15 is 0 Å². The van der Waals surface area contributed by atoms with Gasteiger partial charge in [0.2, 0.25) is 10.0 Å². The van der Waals surface area contributed by atoms with Crippen LogP contribution in [0.15, 0.2) is 34.2 Å². The smallest absolute Gasteiger partial charge is 0.243 e. The van der Waals surface area contributed by atoms with Gasteiger partial charge in [-0.3, -0.25) is 4.99 Å². The topological polar surface area (TPSA) is 77.0 Å². The van der Waals surface area contributed by atoms with Crippen LogP contribution in [0.3, 0.4) is 0 Å². The molecular weight excluding hydrogens is 525 g/mol. The maximum Gasteiger partial charge on any atom is 0.243 e. The highest BCUT2D eigenvalue weighted by molar-refractivity contribution is 14.0. The van der Waals surface area contributed by atoms with E-state index < -0.39 is 10.0 Å². The van der Waals surface area contributed by atoms with E-state index in [1.54, 1.807) is 23.5 Å². The van der Waals surface area contributed by atoms with E-state index in [1.807, 2.05) is 19.2 Å². The van der Waals surface area contributed by atoms with Gasteiger partial charge in [-0.15, -0.1) is 24.0 Å². The summed E-state index contributed by atoms with van der Waals surface area (Å²) in [4.78, 5) is 6.83. The van der Waals surface area contributed by atoms with Gasteiger partial charge in [-0.1, -0.05) is 39.0 Å². The van der Waals surface area contributed by atoms with Crippen molar-refractivity contribution in [2.45, 2.75) is 58.0 Å². The number of halogens is 1. The SMILES string of the molecule is CN=C(NCc1ccccc1S(=O)(=O)N1CCN(C)CC1)NC(C)CCC(C)(C)C.I. The highest BCUT2D eigenvalue weighted by Gasteiger charge is 2.29. The summed E-state index contributed by atoms with van der Waals surface area (Å²) in [5, 5.41) is 6.69. The molecule has 0 aromatic heterocycles. The number of guanidine groups is 1. The van der Waals surface area contributed by atoms with E-state index in [4.69, 9.17) is 0 Å². The van der Waals surface area contributed by atoms with Gasteiger partial charge < -0.3 is 15.5 Å². The van der Waals surface area contributed by atoms with E-state index in [-0.39, 0.29) is 30.0 Å². The zero-order valence-electron chi connectivity index (χ0n) is 19.8. The Morgan fingerprint density at radius 3 is 2.35 bits per heavy atom. The third-order valence-electron chi connectivity index (χ3n) is 5.43. The molecule has 1 aliphatic heterocycles. The van der Waals surface area contributed by atoms with Gasteiger partial charge in [0, 0.05) is 45.8 Å². The van der Waals surface area contributed by atoms with Crippen LogP contribution in [0.4, 0.5) is 0 Å². The molecule has 1 heterocycles. The Kier molecular flexibility index (Phi) is 11.2. The van der Waals surface area contributed by atoms with Crippen LogP contribution in [0.25, 0.3) is 0 Å². The Labute approximate surface area is 206 Å². The number of nitrogens with one attached hydrogen (secondary N) is 2. The fourth-order valence-corrected chi connectivity index (χ4v) is 5.04. The molecule has 0 radical (unpaired) electrons. The lowest BCUT2D eigenvalue weighted by molar-refractivity contribution is 0.222. The van der Waals surface area contributed by atoms with Gasteiger partial charge in [-0.05, 0) is 43.9 Å². The Morgan fingerprint density at radius 1 is 1.16 bits per heavy atom. The molecule has 1 aromatic carbocycles. The number of likely N-dealkylation sites (N-methyl/N-ethyl adjacent to an activating group) is 1. The monoisotopic (exact) mass is 565 g/mol. The van der Waals surface area contributed by atoms with E-state index in [2.05, 4.69) is 48.2 Å². The van der Waals surface area contributed by atoms with Crippen LogP contribution in [-0.2, 0) is 16.6 Å². The summed E-state index contributed by atoms with van der Waals surface area (Å²) in [5.74, 6) is 0.684. The molecule has 1 aliphatic rings. The third kappa shape index (κ3) is 8.86. The first kappa shape index (κ1) is 28.1. The highest BCUT2D eigenvalue weighted by Crippen LogP contribution is 2.22. The molecule has 1 unspecified atom stereocenters. The van der Waals surface area contributed by atoms with Gasteiger partial charge in [0.15, 0.2) is 5.96 Å². The number of hydrogen-bond donors (Lipinski definition) is 2. The normalized spacial score (nSPS) is 17.7. The predicted octanol–water partition coefficient (Wildman–Crippen LogP) is 3.12. The van der Waals surface area contributed by atoms with E-state index in [0.717, 1.165) is 31.5 Å². The number of aliphatic imine (C=N–C) groups is 1. The van der Waals surface area contributed by atoms with Gasteiger partial charge in [0.05, 0.1) is 4.90 Å². The summed E-state index contributed by atoms with van der Waals surface area (Å²) < 4.78 is 28.0. The minimum atomic E-state index is -3.51. The molecule has 0 bridgehead atoms. The van der Waals surface area contributed by atoms with Crippen LogP contribution in [0.5, 0.6) is 0 Å². The third-order valence-corrected chi connectivity index (χ3v) is 7.43. The van der Waals surface area contributed by atoms with Crippen molar-refractivity contribution in [1.29, 1.82) is 0 Å². The zero-order chi connectivity index (χ0) is 22.4. The molecule has 1 saturated heterocycles.